The monoisotopic (exact) mass is 499 g/mol. The van der Waals surface area contributed by atoms with E-state index in [4.69, 9.17) is 14.6 Å². The molecule has 1 aromatic heterocycles. The van der Waals surface area contributed by atoms with Crippen molar-refractivity contribution < 1.29 is 4.65 Å². The summed E-state index contributed by atoms with van der Waals surface area (Å²) < 4.78 is 6.49. The van der Waals surface area contributed by atoms with Gasteiger partial charge in [-0.1, -0.05) is 103 Å². The van der Waals surface area contributed by atoms with Crippen LogP contribution in [0.4, 0.5) is 11.4 Å². The highest BCUT2D eigenvalue weighted by molar-refractivity contribution is 6.77. The van der Waals surface area contributed by atoms with E-state index in [0.717, 1.165) is 50.7 Å². The molecule has 0 aliphatic carbocycles. The first kappa shape index (κ1) is 21.9. The number of fused-ring (bicyclic) bond motifs is 8. The van der Waals surface area contributed by atoms with Crippen LogP contribution in [-0.2, 0) is 0 Å². The minimum atomic E-state index is -0.202. The van der Waals surface area contributed by atoms with Crippen molar-refractivity contribution in [2.24, 2.45) is 0 Å². The highest BCUT2D eigenvalue weighted by Crippen LogP contribution is 2.47. The van der Waals surface area contributed by atoms with Crippen molar-refractivity contribution in [2.45, 2.75) is 0 Å². The molecule has 2 aliphatic heterocycles. The molecule has 0 saturated carbocycles. The molecular weight excluding hydrogens is 477 g/mol. The Morgan fingerprint density at radius 2 is 1.15 bits per heavy atom. The first-order valence-electron chi connectivity index (χ1n) is 13.1. The smallest absolute Gasteiger partial charge is 0.524 e. The van der Waals surface area contributed by atoms with Crippen molar-refractivity contribution in [1.29, 1.82) is 0 Å². The Labute approximate surface area is 227 Å². The average Bonchev–Trinajstić information content (AvgIpc) is 3.42. The van der Waals surface area contributed by atoms with Gasteiger partial charge in [-0.15, -0.1) is 0 Å². The first-order chi connectivity index (χ1) is 19.3. The standard InChI is InChI=1S/C34H22BN3O/c1-3-11-23(12-4-1)29-22-30(37-34(36-29)24-13-5-2-6-14-24)25-19-20-28-27(21-25)26-15-7-8-16-31(26)38-32-17-9-10-18-33(32)39-35(28)38/h1-22H. The van der Waals surface area contributed by atoms with Crippen molar-refractivity contribution in [3.05, 3.63) is 133 Å². The third kappa shape index (κ3) is 3.55. The van der Waals surface area contributed by atoms with Crippen LogP contribution in [0.2, 0.25) is 0 Å². The second-order valence-electron chi connectivity index (χ2n) is 9.82. The molecule has 5 heteroatoms. The van der Waals surface area contributed by atoms with Crippen molar-refractivity contribution in [3.8, 4) is 50.8 Å². The first-order valence-corrected chi connectivity index (χ1v) is 13.1. The molecule has 4 nitrogen and oxygen atoms in total. The van der Waals surface area contributed by atoms with Gasteiger partial charge in [0.1, 0.15) is 5.75 Å². The fraction of sp³-hybridized carbons (Fsp3) is 0. The number of para-hydroxylation sites is 3. The third-order valence-corrected chi connectivity index (χ3v) is 7.49. The summed E-state index contributed by atoms with van der Waals surface area (Å²) in [5, 5.41) is 0. The molecule has 0 fully saturated rings. The Balaban J connectivity index is 1.31. The third-order valence-electron chi connectivity index (χ3n) is 7.49. The van der Waals surface area contributed by atoms with E-state index < -0.39 is 0 Å². The molecule has 39 heavy (non-hydrogen) atoms. The molecule has 0 unspecified atom stereocenters. The molecule has 0 radical (unpaired) electrons. The van der Waals surface area contributed by atoms with E-state index in [1.807, 2.05) is 48.5 Å². The summed E-state index contributed by atoms with van der Waals surface area (Å²) >= 11 is 0. The number of hydrogen-bond donors (Lipinski definition) is 0. The molecule has 5 aromatic carbocycles. The number of anilines is 2. The molecule has 0 atom stereocenters. The number of nitrogens with zero attached hydrogens (tertiary/aromatic N) is 3. The Bertz CT molecular complexity index is 1800. The fourth-order valence-electron chi connectivity index (χ4n) is 5.66. The summed E-state index contributed by atoms with van der Waals surface area (Å²) in [6, 6.07) is 46.0. The predicted octanol–water partition coefficient (Wildman–Crippen LogP) is 7.38. The maximum Gasteiger partial charge on any atom is 0.524 e. The van der Waals surface area contributed by atoms with E-state index in [1.165, 1.54) is 11.1 Å². The van der Waals surface area contributed by atoms with Crippen LogP contribution in [0.25, 0.3) is 45.0 Å². The Kier molecular flexibility index (Phi) is 4.89. The minimum absolute atomic E-state index is 0.202. The lowest BCUT2D eigenvalue weighted by Crippen LogP contribution is -2.50. The Morgan fingerprint density at radius 3 is 1.95 bits per heavy atom. The van der Waals surface area contributed by atoms with Gasteiger partial charge < -0.3 is 9.47 Å². The van der Waals surface area contributed by atoms with Crippen molar-refractivity contribution in [2.75, 3.05) is 4.81 Å². The van der Waals surface area contributed by atoms with Crippen LogP contribution in [0.1, 0.15) is 0 Å². The van der Waals surface area contributed by atoms with Crippen molar-refractivity contribution in [3.63, 3.8) is 0 Å². The summed E-state index contributed by atoms with van der Waals surface area (Å²) in [7, 11) is -0.202. The normalized spacial score (nSPS) is 12.7. The highest BCUT2D eigenvalue weighted by Gasteiger charge is 2.44. The van der Waals surface area contributed by atoms with Gasteiger partial charge in [0.2, 0.25) is 0 Å². The number of aromatic nitrogens is 2. The summed E-state index contributed by atoms with van der Waals surface area (Å²) in [6.07, 6.45) is 0. The SMILES string of the molecule is c1ccc(-c2cc(-c3ccc4c(c3)-c3ccccc3N3B4Oc4ccccc43)nc(-c3ccccc3)n2)cc1. The van der Waals surface area contributed by atoms with Crippen LogP contribution >= 0.6 is 0 Å². The molecule has 0 N–H and O–H groups in total. The molecule has 6 aromatic rings. The van der Waals surface area contributed by atoms with Crippen molar-refractivity contribution in [1.82, 2.24) is 9.97 Å². The van der Waals surface area contributed by atoms with Crippen LogP contribution in [0.15, 0.2) is 133 Å². The summed E-state index contributed by atoms with van der Waals surface area (Å²) in [4.78, 5) is 12.3. The lowest BCUT2D eigenvalue weighted by Gasteiger charge is -2.31. The van der Waals surface area contributed by atoms with Gasteiger partial charge in [-0.2, -0.15) is 0 Å². The van der Waals surface area contributed by atoms with Gasteiger partial charge in [-0.05, 0) is 41.4 Å². The zero-order valence-corrected chi connectivity index (χ0v) is 21.0. The molecule has 0 bridgehead atoms. The molecule has 0 saturated heterocycles. The number of benzene rings is 5. The summed E-state index contributed by atoms with van der Waals surface area (Å²) in [6.45, 7) is 0. The van der Waals surface area contributed by atoms with Gasteiger partial charge in [0.05, 0.1) is 17.1 Å². The molecule has 8 rings (SSSR count). The zero-order chi connectivity index (χ0) is 25.8. The predicted molar refractivity (Wildman–Crippen MR) is 158 cm³/mol. The fourth-order valence-corrected chi connectivity index (χ4v) is 5.66. The minimum Gasteiger partial charge on any atom is -0.536 e. The van der Waals surface area contributed by atoms with Gasteiger partial charge in [-0.25, -0.2) is 9.97 Å². The molecule has 0 spiro atoms. The summed E-state index contributed by atoms with van der Waals surface area (Å²) in [5.41, 5.74) is 10.6. The molecule has 0 amide bonds. The molecule has 182 valence electrons. The lowest BCUT2D eigenvalue weighted by atomic mass is 9.64. The van der Waals surface area contributed by atoms with Gasteiger partial charge in [0, 0.05) is 27.9 Å². The van der Waals surface area contributed by atoms with Crippen LogP contribution in [0.5, 0.6) is 5.75 Å². The van der Waals surface area contributed by atoms with Crippen LogP contribution < -0.4 is 14.9 Å². The van der Waals surface area contributed by atoms with Crippen LogP contribution in [0, 0.1) is 0 Å². The van der Waals surface area contributed by atoms with E-state index in [0.29, 0.717) is 5.82 Å². The van der Waals surface area contributed by atoms with Gasteiger partial charge >= 0.3 is 7.05 Å². The number of hydrogen-bond acceptors (Lipinski definition) is 4. The van der Waals surface area contributed by atoms with E-state index in [2.05, 4.69) is 89.7 Å². The Morgan fingerprint density at radius 1 is 0.513 bits per heavy atom. The maximum atomic E-state index is 6.49. The van der Waals surface area contributed by atoms with Gasteiger partial charge in [0.15, 0.2) is 5.82 Å². The molecule has 2 aliphatic rings. The topological polar surface area (TPSA) is 38.2 Å². The van der Waals surface area contributed by atoms with Crippen LogP contribution in [-0.4, -0.2) is 17.0 Å². The van der Waals surface area contributed by atoms with Gasteiger partial charge in [-0.3, -0.25) is 0 Å². The van der Waals surface area contributed by atoms with E-state index in [9.17, 15) is 0 Å². The van der Waals surface area contributed by atoms with E-state index in [1.54, 1.807) is 0 Å². The largest absolute Gasteiger partial charge is 0.536 e. The second kappa shape index (κ2) is 8.71. The molecular formula is C34H22BN3O. The lowest BCUT2D eigenvalue weighted by molar-refractivity contribution is 0.603. The maximum absolute atomic E-state index is 6.49. The van der Waals surface area contributed by atoms with E-state index in [-0.39, 0.29) is 7.05 Å². The zero-order valence-electron chi connectivity index (χ0n) is 21.0. The van der Waals surface area contributed by atoms with Crippen molar-refractivity contribution >= 4 is 23.9 Å². The van der Waals surface area contributed by atoms with E-state index >= 15 is 0 Å². The quantitative estimate of drug-likeness (QED) is 0.238. The average molecular weight is 499 g/mol. The van der Waals surface area contributed by atoms with Crippen LogP contribution in [0.3, 0.4) is 0 Å². The number of rotatable bonds is 3. The molecule has 3 heterocycles. The second-order valence-corrected chi connectivity index (χ2v) is 9.82. The summed E-state index contributed by atoms with van der Waals surface area (Å²) in [5.74, 6) is 1.62. The van der Waals surface area contributed by atoms with Gasteiger partial charge in [0.25, 0.3) is 0 Å². The highest BCUT2D eigenvalue weighted by atomic mass is 16.5. The Hall–Kier alpha value is -5.16.